The lowest BCUT2D eigenvalue weighted by molar-refractivity contribution is -0.387. The number of hydrogen-bond donors (Lipinski definition) is 0. The SMILES string of the molecule is CCCCCSc1c([N+](=O)[O-])cnc2ccccc12. The molecule has 0 saturated carbocycles. The average Bonchev–Trinajstić information content (AvgIpc) is 2.43. The molecule has 0 spiro atoms. The molecule has 19 heavy (non-hydrogen) atoms. The number of nitrogens with zero attached hydrogens (tertiary/aromatic N) is 2. The van der Waals surface area contributed by atoms with Crippen molar-refractivity contribution >= 4 is 28.4 Å². The third kappa shape index (κ3) is 3.23. The molecular formula is C14H16N2O2S. The van der Waals surface area contributed by atoms with Gasteiger partial charge in [0.1, 0.15) is 6.20 Å². The Morgan fingerprint density at radius 1 is 1.32 bits per heavy atom. The highest BCUT2D eigenvalue weighted by Gasteiger charge is 2.17. The smallest absolute Gasteiger partial charge is 0.258 e. The molecule has 0 amide bonds. The Morgan fingerprint density at radius 3 is 2.84 bits per heavy atom. The van der Waals surface area contributed by atoms with E-state index in [9.17, 15) is 10.1 Å². The van der Waals surface area contributed by atoms with Crippen LogP contribution in [0.2, 0.25) is 0 Å². The number of para-hydroxylation sites is 1. The highest BCUT2D eigenvalue weighted by molar-refractivity contribution is 7.99. The van der Waals surface area contributed by atoms with Crippen LogP contribution < -0.4 is 0 Å². The van der Waals surface area contributed by atoms with Crippen molar-refractivity contribution in [2.24, 2.45) is 0 Å². The zero-order valence-electron chi connectivity index (χ0n) is 10.8. The molecule has 0 unspecified atom stereocenters. The van der Waals surface area contributed by atoms with Crippen molar-refractivity contribution in [2.45, 2.75) is 31.1 Å². The van der Waals surface area contributed by atoms with Gasteiger partial charge in [-0.25, -0.2) is 4.98 Å². The van der Waals surface area contributed by atoms with Crippen LogP contribution in [0.3, 0.4) is 0 Å². The number of unbranched alkanes of at least 4 members (excludes halogenated alkanes) is 2. The fraction of sp³-hybridized carbons (Fsp3) is 0.357. The van der Waals surface area contributed by atoms with E-state index in [0.717, 1.165) is 40.8 Å². The molecule has 0 aliphatic heterocycles. The lowest BCUT2D eigenvalue weighted by atomic mass is 10.2. The van der Waals surface area contributed by atoms with Crippen molar-refractivity contribution in [1.29, 1.82) is 0 Å². The lowest BCUT2D eigenvalue weighted by Gasteiger charge is -2.06. The number of hydrogen-bond acceptors (Lipinski definition) is 4. The van der Waals surface area contributed by atoms with E-state index in [1.165, 1.54) is 6.20 Å². The van der Waals surface area contributed by atoms with Crippen molar-refractivity contribution in [3.8, 4) is 0 Å². The molecule has 1 aromatic heterocycles. The summed E-state index contributed by atoms with van der Waals surface area (Å²) in [5, 5.41) is 12.0. The molecule has 2 rings (SSSR count). The van der Waals surface area contributed by atoms with E-state index >= 15 is 0 Å². The maximum absolute atomic E-state index is 11.1. The number of aromatic nitrogens is 1. The van der Waals surface area contributed by atoms with Crippen molar-refractivity contribution in [1.82, 2.24) is 4.98 Å². The van der Waals surface area contributed by atoms with Gasteiger partial charge in [-0.15, -0.1) is 11.8 Å². The fourth-order valence-electron chi connectivity index (χ4n) is 1.91. The second-order valence-corrected chi connectivity index (χ2v) is 5.41. The van der Waals surface area contributed by atoms with Gasteiger partial charge in [0.05, 0.1) is 15.3 Å². The molecule has 0 bridgehead atoms. The number of fused-ring (bicyclic) bond motifs is 1. The van der Waals surface area contributed by atoms with Gasteiger partial charge in [0.15, 0.2) is 0 Å². The third-order valence-corrected chi connectivity index (χ3v) is 4.11. The standard InChI is InChI=1S/C14H16N2O2S/c1-2-3-6-9-19-14-11-7-4-5-8-12(11)15-10-13(14)16(17)18/h4-5,7-8,10H,2-3,6,9H2,1H3. The first-order chi connectivity index (χ1) is 9.24. The minimum Gasteiger partial charge on any atom is -0.258 e. The van der Waals surface area contributed by atoms with Gasteiger partial charge in [0, 0.05) is 5.39 Å². The summed E-state index contributed by atoms with van der Waals surface area (Å²) in [6.07, 6.45) is 4.75. The predicted molar refractivity (Wildman–Crippen MR) is 78.6 cm³/mol. The van der Waals surface area contributed by atoms with Crippen molar-refractivity contribution in [2.75, 3.05) is 5.75 Å². The van der Waals surface area contributed by atoms with Crippen LogP contribution >= 0.6 is 11.8 Å². The topological polar surface area (TPSA) is 56.0 Å². The first kappa shape index (κ1) is 13.8. The number of nitro groups is 1. The second-order valence-electron chi connectivity index (χ2n) is 4.30. The Morgan fingerprint density at radius 2 is 2.11 bits per heavy atom. The maximum atomic E-state index is 11.1. The van der Waals surface area contributed by atoms with Crippen LogP contribution in [-0.2, 0) is 0 Å². The third-order valence-electron chi connectivity index (χ3n) is 2.90. The van der Waals surface area contributed by atoms with E-state index in [-0.39, 0.29) is 10.6 Å². The van der Waals surface area contributed by atoms with E-state index in [2.05, 4.69) is 11.9 Å². The van der Waals surface area contributed by atoms with Crippen LogP contribution in [0.4, 0.5) is 5.69 Å². The lowest BCUT2D eigenvalue weighted by Crippen LogP contribution is -1.94. The van der Waals surface area contributed by atoms with Crippen LogP contribution in [-0.4, -0.2) is 15.7 Å². The highest BCUT2D eigenvalue weighted by atomic mass is 32.2. The van der Waals surface area contributed by atoms with E-state index in [1.807, 2.05) is 24.3 Å². The summed E-state index contributed by atoms with van der Waals surface area (Å²) in [4.78, 5) is 15.7. The molecule has 0 atom stereocenters. The van der Waals surface area contributed by atoms with Gasteiger partial charge in [-0.2, -0.15) is 0 Å². The quantitative estimate of drug-likeness (QED) is 0.339. The van der Waals surface area contributed by atoms with Gasteiger partial charge in [0.2, 0.25) is 0 Å². The molecule has 100 valence electrons. The van der Waals surface area contributed by atoms with Gasteiger partial charge in [-0.05, 0) is 18.2 Å². The summed E-state index contributed by atoms with van der Waals surface area (Å²) in [7, 11) is 0. The van der Waals surface area contributed by atoms with Gasteiger partial charge in [0.25, 0.3) is 0 Å². The normalized spacial score (nSPS) is 10.8. The molecule has 0 saturated heterocycles. The number of thioether (sulfide) groups is 1. The van der Waals surface area contributed by atoms with E-state index in [0.29, 0.717) is 0 Å². The van der Waals surface area contributed by atoms with Crippen molar-refractivity contribution in [3.05, 3.63) is 40.6 Å². The molecule has 1 aromatic carbocycles. The average molecular weight is 276 g/mol. The summed E-state index contributed by atoms with van der Waals surface area (Å²) < 4.78 is 0. The van der Waals surface area contributed by atoms with Crippen LogP contribution in [0, 0.1) is 10.1 Å². The summed E-state index contributed by atoms with van der Waals surface area (Å²) in [5.41, 5.74) is 0.922. The van der Waals surface area contributed by atoms with Gasteiger partial charge in [-0.3, -0.25) is 10.1 Å². The van der Waals surface area contributed by atoms with E-state index in [4.69, 9.17) is 0 Å². The van der Waals surface area contributed by atoms with Crippen molar-refractivity contribution in [3.63, 3.8) is 0 Å². The zero-order chi connectivity index (χ0) is 13.7. The second kappa shape index (κ2) is 6.52. The molecule has 0 aliphatic rings. The Kier molecular flexibility index (Phi) is 4.74. The van der Waals surface area contributed by atoms with Crippen LogP contribution in [0.1, 0.15) is 26.2 Å². The van der Waals surface area contributed by atoms with Crippen LogP contribution in [0.25, 0.3) is 10.9 Å². The minimum atomic E-state index is -0.346. The molecular weight excluding hydrogens is 260 g/mol. The molecule has 0 aliphatic carbocycles. The Bertz CT molecular complexity index is 587. The molecule has 1 heterocycles. The molecule has 2 aromatic rings. The summed E-state index contributed by atoms with van der Waals surface area (Å²) in [6.45, 7) is 2.15. The number of pyridine rings is 1. The Balaban J connectivity index is 2.35. The number of rotatable bonds is 6. The molecule has 4 nitrogen and oxygen atoms in total. The fourth-order valence-corrected chi connectivity index (χ4v) is 3.07. The molecule has 0 N–H and O–H groups in total. The Hall–Kier alpha value is -1.62. The summed E-state index contributed by atoms with van der Waals surface area (Å²) in [6, 6.07) is 7.57. The maximum Gasteiger partial charge on any atom is 0.301 e. The van der Waals surface area contributed by atoms with Gasteiger partial charge >= 0.3 is 5.69 Å². The largest absolute Gasteiger partial charge is 0.301 e. The van der Waals surface area contributed by atoms with E-state index in [1.54, 1.807) is 11.8 Å². The molecule has 0 fully saturated rings. The monoisotopic (exact) mass is 276 g/mol. The van der Waals surface area contributed by atoms with Crippen molar-refractivity contribution < 1.29 is 4.92 Å². The van der Waals surface area contributed by atoms with Crippen LogP contribution in [0.15, 0.2) is 35.4 Å². The highest BCUT2D eigenvalue weighted by Crippen LogP contribution is 2.35. The Labute approximate surface area is 116 Å². The van der Waals surface area contributed by atoms with Crippen LogP contribution in [0.5, 0.6) is 0 Å². The first-order valence-corrected chi connectivity index (χ1v) is 7.37. The van der Waals surface area contributed by atoms with Gasteiger partial charge in [-0.1, -0.05) is 38.0 Å². The molecule has 0 radical (unpaired) electrons. The minimum absolute atomic E-state index is 0.111. The zero-order valence-corrected chi connectivity index (χ0v) is 11.7. The summed E-state index contributed by atoms with van der Waals surface area (Å²) in [5.74, 6) is 0.905. The molecule has 5 heteroatoms. The predicted octanol–water partition coefficient (Wildman–Crippen LogP) is 4.43. The number of benzene rings is 1. The first-order valence-electron chi connectivity index (χ1n) is 6.39. The van der Waals surface area contributed by atoms with Gasteiger partial charge < -0.3 is 0 Å². The summed E-state index contributed by atoms with van der Waals surface area (Å²) >= 11 is 1.56. The van der Waals surface area contributed by atoms with E-state index < -0.39 is 0 Å².